The molecule has 0 aromatic heterocycles. The highest BCUT2D eigenvalue weighted by molar-refractivity contribution is 7.89. The van der Waals surface area contributed by atoms with E-state index in [0.29, 0.717) is 44.1 Å². The van der Waals surface area contributed by atoms with Crippen LogP contribution in [0.15, 0.2) is 47.4 Å². The number of nitrogens with zero attached hydrogens (tertiary/aromatic N) is 1. The van der Waals surface area contributed by atoms with Gasteiger partial charge >= 0.3 is 0 Å². The van der Waals surface area contributed by atoms with Crippen molar-refractivity contribution < 1.29 is 22.7 Å². The molecule has 0 aliphatic carbocycles. The standard InChI is InChI=1S/C25H34N2O5S/c1-5-31-23-14-11-20(16-24(23)32-6-2)19(4)26-25(28)21-8-7-15-27(17-21)33(29,30)22-12-9-18(3)10-13-22/h9-14,16,19,21H,5-8,15,17H2,1-4H3,(H,26,28)/t19-,21+/m1/s1. The number of amides is 1. The van der Waals surface area contributed by atoms with Crippen molar-refractivity contribution in [2.24, 2.45) is 5.92 Å². The van der Waals surface area contributed by atoms with Crippen LogP contribution in [0.1, 0.15) is 50.8 Å². The molecular weight excluding hydrogens is 440 g/mol. The fourth-order valence-corrected chi connectivity index (χ4v) is 5.51. The third-order valence-electron chi connectivity index (χ3n) is 5.84. The Bertz CT molecular complexity index is 1050. The van der Waals surface area contributed by atoms with E-state index in [1.165, 1.54) is 4.31 Å². The van der Waals surface area contributed by atoms with E-state index in [1.807, 2.05) is 45.9 Å². The number of rotatable bonds is 9. The monoisotopic (exact) mass is 474 g/mol. The molecule has 8 heteroatoms. The molecule has 0 unspecified atom stereocenters. The van der Waals surface area contributed by atoms with E-state index in [-0.39, 0.29) is 23.4 Å². The summed E-state index contributed by atoms with van der Waals surface area (Å²) in [5, 5.41) is 3.05. The first-order valence-corrected chi connectivity index (χ1v) is 13.0. The Hall–Kier alpha value is -2.58. The summed E-state index contributed by atoms with van der Waals surface area (Å²) in [6.45, 7) is 9.31. The number of carbonyl (C=O) groups is 1. The first-order valence-electron chi connectivity index (χ1n) is 11.5. The van der Waals surface area contributed by atoms with Crippen LogP contribution >= 0.6 is 0 Å². The second-order valence-electron chi connectivity index (χ2n) is 8.32. The van der Waals surface area contributed by atoms with Gasteiger partial charge in [0.15, 0.2) is 11.5 Å². The van der Waals surface area contributed by atoms with Crippen LogP contribution in [0.25, 0.3) is 0 Å². The van der Waals surface area contributed by atoms with E-state index in [1.54, 1.807) is 24.3 Å². The molecule has 0 radical (unpaired) electrons. The second-order valence-corrected chi connectivity index (χ2v) is 10.3. The molecule has 33 heavy (non-hydrogen) atoms. The van der Waals surface area contributed by atoms with Crippen molar-refractivity contribution in [1.29, 1.82) is 0 Å². The van der Waals surface area contributed by atoms with Crippen LogP contribution < -0.4 is 14.8 Å². The van der Waals surface area contributed by atoms with Crippen molar-refractivity contribution in [3.63, 3.8) is 0 Å². The van der Waals surface area contributed by atoms with Crippen molar-refractivity contribution >= 4 is 15.9 Å². The van der Waals surface area contributed by atoms with E-state index < -0.39 is 15.9 Å². The van der Waals surface area contributed by atoms with Crippen LogP contribution in [0, 0.1) is 12.8 Å². The quantitative estimate of drug-likeness (QED) is 0.592. The number of nitrogens with one attached hydrogen (secondary N) is 1. The van der Waals surface area contributed by atoms with Crippen LogP contribution in [0.2, 0.25) is 0 Å². The van der Waals surface area contributed by atoms with Crippen LogP contribution in [-0.4, -0.2) is 44.9 Å². The summed E-state index contributed by atoms with van der Waals surface area (Å²) in [6.07, 6.45) is 1.31. The first kappa shape index (κ1) is 25.1. The van der Waals surface area contributed by atoms with Crippen molar-refractivity contribution in [2.45, 2.75) is 51.5 Å². The lowest BCUT2D eigenvalue weighted by Gasteiger charge is -2.32. The lowest BCUT2D eigenvalue weighted by Crippen LogP contribution is -2.45. The minimum Gasteiger partial charge on any atom is -0.490 e. The van der Waals surface area contributed by atoms with Gasteiger partial charge < -0.3 is 14.8 Å². The van der Waals surface area contributed by atoms with Crippen molar-refractivity contribution in [2.75, 3.05) is 26.3 Å². The van der Waals surface area contributed by atoms with Gasteiger partial charge in [-0.05, 0) is 70.4 Å². The molecule has 0 bridgehead atoms. The lowest BCUT2D eigenvalue weighted by atomic mass is 9.98. The molecule has 2 atom stereocenters. The summed E-state index contributed by atoms with van der Waals surface area (Å²) < 4.78 is 38.9. The molecule has 1 heterocycles. The number of aryl methyl sites for hydroxylation is 1. The zero-order valence-corrected chi connectivity index (χ0v) is 20.7. The Morgan fingerprint density at radius 3 is 2.42 bits per heavy atom. The van der Waals surface area contributed by atoms with Gasteiger partial charge in [0.2, 0.25) is 15.9 Å². The molecule has 7 nitrogen and oxygen atoms in total. The van der Waals surface area contributed by atoms with Crippen LogP contribution in [0.5, 0.6) is 11.5 Å². The van der Waals surface area contributed by atoms with Gasteiger partial charge in [0.25, 0.3) is 0 Å². The Kier molecular flexibility index (Phi) is 8.37. The largest absolute Gasteiger partial charge is 0.490 e. The van der Waals surface area contributed by atoms with E-state index in [9.17, 15) is 13.2 Å². The van der Waals surface area contributed by atoms with Crippen LogP contribution in [0.4, 0.5) is 0 Å². The zero-order chi connectivity index (χ0) is 24.0. The fraction of sp³-hybridized carbons (Fsp3) is 0.480. The summed E-state index contributed by atoms with van der Waals surface area (Å²) in [6, 6.07) is 12.2. The second kappa shape index (κ2) is 11.0. The minimum atomic E-state index is -3.63. The van der Waals surface area contributed by atoms with Crippen molar-refractivity contribution in [3.8, 4) is 11.5 Å². The maximum atomic E-state index is 13.1. The predicted molar refractivity (Wildman–Crippen MR) is 128 cm³/mol. The number of ether oxygens (including phenoxy) is 2. The fourth-order valence-electron chi connectivity index (χ4n) is 3.99. The zero-order valence-electron chi connectivity index (χ0n) is 19.8. The molecule has 180 valence electrons. The van der Waals surface area contributed by atoms with Gasteiger partial charge in [-0.1, -0.05) is 23.8 Å². The maximum absolute atomic E-state index is 13.1. The molecule has 1 fully saturated rings. The molecular formula is C25H34N2O5S. The highest BCUT2D eigenvalue weighted by Crippen LogP contribution is 2.31. The number of piperidine rings is 1. The Morgan fingerprint density at radius 2 is 1.76 bits per heavy atom. The molecule has 1 amide bonds. The van der Waals surface area contributed by atoms with E-state index in [0.717, 1.165) is 11.1 Å². The molecule has 1 aliphatic rings. The van der Waals surface area contributed by atoms with E-state index >= 15 is 0 Å². The Balaban J connectivity index is 1.68. The van der Waals surface area contributed by atoms with Gasteiger partial charge in [0.1, 0.15) is 0 Å². The molecule has 1 saturated heterocycles. The summed E-state index contributed by atoms with van der Waals surface area (Å²) in [5.41, 5.74) is 1.90. The van der Waals surface area contributed by atoms with E-state index in [2.05, 4.69) is 5.32 Å². The van der Waals surface area contributed by atoms with Crippen molar-refractivity contribution in [1.82, 2.24) is 9.62 Å². The van der Waals surface area contributed by atoms with Gasteiger partial charge in [-0.3, -0.25) is 4.79 Å². The summed E-state index contributed by atoms with van der Waals surface area (Å²) >= 11 is 0. The molecule has 1 N–H and O–H groups in total. The maximum Gasteiger partial charge on any atom is 0.243 e. The summed E-state index contributed by atoms with van der Waals surface area (Å²) in [5.74, 6) is 0.783. The molecule has 0 spiro atoms. The highest BCUT2D eigenvalue weighted by Gasteiger charge is 2.33. The van der Waals surface area contributed by atoms with Crippen molar-refractivity contribution in [3.05, 3.63) is 53.6 Å². The van der Waals surface area contributed by atoms with Gasteiger partial charge in [-0.25, -0.2) is 8.42 Å². The molecule has 1 aliphatic heterocycles. The van der Waals surface area contributed by atoms with E-state index in [4.69, 9.17) is 9.47 Å². The number of hydrogen-bond acceptors (Lipinski definition) is 5. The Labute approximate surface area is 197 Å². The smallest absolute Gasteiger partial charge is 0.243 e. The lowest BCUT2D eigenvalue weighted by molar-refractivity contribution is -0.126. The number of benzene rings is 2. The minimum absolute atomic E-state index is 0.141. The van der Waals surface area contributed by atoms with Gasteiger partial charge in [-0.2, -0.15) is 4.31 Å². The third-order valence-corrected chi connectivity index (χ3v) is 7.72. The molecule has 2 aromatic rings. The number of sulfonamides is 1. The molecule has 3 rings (SSSR count). The SMILES string of the molecule is CCOc1ccc([C@@H](C)NC(=O)[C@H]2CCCN(S(=O)(=O)c3ccc(C)cc3)C2)cc1OCC. The summed E-state index contributed by atoms with van der Waals surface area (Å²) in [7, 11) is -3.63. The number of hydrogen-bond donors (Lipinski definition) is 1. The van der Waals surface area contributed by atoms with Crippen LogP contribution in [0.3, 0.4) is 0 Å². The third kappa shape index (κ3) is 6.06. The molecule has 2 aromatic carbocycles. The highest BCUT2D eigenvalue weighted by atomic mass is 32.2. The average molecular weight is 475 g/mol. The van der Waals surface area contributed by atoms with Gasteiger partial charge in [-0.15, -0.1) is 0 Å². The average Bonchev–Trinajstić information content (AvgIpc) is 2.81. The summed E-state index contributed by atoms with van der Waals surface area (Å²) in [4.78, 5) is 13.3. The number of carbonyl (C=O) groups excluding carboxylic acids is 1. The van der Waals surface area contributed by atoms with Gasteiger partial charge in [0.05, 0.1) is 30.1 Å². The normalized spacial score (nSPS) is 17.9. The topological polar surface area (TPSA) is 84.9 Å². The molecule has 0 saturated carbocycles. The van der Waals surface area contributed by atoms with Crippen LogP contribution in [-0.2, 0) is 14.8 Å². The van der Waals surface area contributed by atoms with Gasteiger partial charge in [0, 0.05) is 13.1 Å². The Morgan fingerprint density at radius 1 is 1.09 bits per heavy atom. The first-order chi connectivity index (χ1) is 15.8. The predicted octanol–water partition coefficient (Wildman–Crippen LogP) is 4.07.